The number of nitrogen functional groups attached to an aromatic ring is 1. The Bertz CT molecular complexity index is 1840. The van der Waals surface area contributed by atoms with Crippen LogP contribution in [0.25, 0.3) is 0 Å². The van der Waals surface area contributed by atoms with Gasteiger partial charge in [0.25, 0.3) is 20.2 Å². The van der Waals surface area contributed by atoms with Crippen LogP contribution in [0.5, 0.6) is 0 Å². The number of nitrogens with two attached hydrogens (primary N) is 1. The fourth-order valence-corrected chi connectivity index (χ4v) is 5.18. The molecule has 12 nitrogen and oxygen atoms in total. The molecule has 0 aliphatic heterocycles. The van der Waals surface area contributed by atoms with Gasteiger partial charge in [-0.25, -0.2) is 0 Å². The summed E-state index contributed by atoms with van der Waals surface area (Å²) in [7, 11) is -9.82. The van der Waals surface area contributed by atoms with Crippen molar-refractivity contribution in [3.05, 3.63) is 81.8 Å². The summed E-state index contributed by atoms with van der Waals surface area (Å²) in [6.07, 6.45) is 0. The van der Waals surface area contributed by atoms with E-state index in [9.17, 15) is 40.6 Å². The van der Waals surface area contributed by atoms with E-state index in [0.29, 0.717) is 0 Å². The van der Waals surface area contributed by atoms with E-state index in [4.69, 9.17) is 5.73 Å². The van der Waals surface area contributed by atoms with E-state index in [2.05, 4.69) is 32.8 Å². The smallest absolute Gasteiger partial charge is 0.858 e. The van der Waals surface area contributed by atoms with Gasteiger partial charge in [0.1, 0.15) is 9.79 Å². The number of fused-ring (bicyclic) bond motifs is 2. The third-order valence-electron chi connectivity index (χ3n) is 5.45. The number of carbonyl (C=O) groups is 2. The number of rotatable bonds is 6. The van der Waals surface area contributed by atoms with Crippen LogP contribution in [0.15, 0.2) is 74.4 Å². The molecule has 0 fully saturated rings. The van der Waals surface area contributed by atoms with Crippen molar-refractivity contribution in [2.45, 2.75) is 9.79 Å². The van der Waals surface area contributed by atoms with Crippen molar-refractivity contribution in [1.29, 1.82) is 0 Å². The molecule has 16 heteroatoms. The summed E-state index contributed by atoms with van der Waals surface area (Å²) < 4.78 is 66.8. The van der Waals surface area contributed by atoms with Gasteiger partial charge in [0, 0.05) is 27.2 Å². The molecule has 3 aromatic rings. The molecular weight excluding hydrogens is 629 g/mol. The number of benzene rings is 3. The van der Waals surface area contributed by atoms with Crippen molar-refractivity contribution in [3.63, 3.8) is 0 Å². The number of hydrogen-bond donors (Lipinski definition) is 4. The fraction of sp³-hybridized carbons (Fsp3) is 0. The van der Waals surface area contributed by atoms with E-state index in [-0.39, 0.29) is 62.1 Å². The molecule has 0 atom stereocenters. The van der Waals surface area contributed by atoms with Crippen LogP contribution in [0.1, 0.15) is 31.8 Å². The van der Waals surface area contributed by atoms with Crippen LogP contribution < -0.4 is 45.7 Å². The maximum Gasteiger partial charge on any atom is 1.00 e. The molecule has 0 spiro atoms. The molecule has 0 aromatic heterocycles. The molecule has 1 aliphatic rings. The van der Waals surface area contributed by atoms with Crippen molar-refractivity contribution < 1.29 is 70.2 Å². The van der Waals surface area contributed by atoms with Crippen molar-refractivity contribution >= 4 is 76.4 Å². The molecule has 0 unspecified atom stereocenters. The van der Waals surface area contributed by atoms with Gasteiger partial charge >= 0.3 is 29.6 Å². The average molecular weight is 644 g/mol. The van der Waals surface area contributed by atoms with Crippen molar-refractivity contribution in [2.75, 3.05) is 11.1 Å². The molecule has 0 saturated heterocycles. The molecule has 0 saturated carbocycles. The minimum atomic E-state index is -4.98. The van der Waals surface area contributed by atoms with Gasteiger partial charge in [-0.1, -0.05) is 46.8 Å². The minimum Gasteiger partial charge on any atom is -0.858 e. The van der Waals surface area contributed by atoms with E-state index >= 15 is 0 Å². The third kappa shape index (κ3) is 5.85. The molecule has 196 valence electrons. The van der Waals surface area contributed by atoms with E-state index in [1.54, 1.807) is 0 Å². The van der Waals surface area contributed by atoms with Gasteiger partial charge in [-0.05, 0) is 24.3 Å². The molecule has 0 heterocycles. The van der Waals surface area contributed by atoms with Crippen LogP contribution in [-0.2, 0) is 20.2 Å². The molecule has 0 bridgehead atoms. The van der Waals surface area contributed by atoms with Gasteiger partial charge in [0.2, 0.25) is 0 Å². The number of halogens is 1. The van der Waals surface area contributed by atoms with E-state index < -0.39 is 64.4 Å². The zero-order valence-electron chi connectivity index (χ0n) is 19.8. The maximum absolute atomic E-state index is 13.4. The first-order valence-corrected chi connectivity index (χ1v) is 13.9. The average Bonchev–Trinajstić information content (AvgIpc) is 2.82. The van der Waals surface area contributed by atoms with Crippen LogP contribution in [0.3, 0.4) is 0 Å². The molecule has 5 N–H and O–H groups in total. The first-order valence-electron chi connectivity index (χ1n) is 10.2. The van der Waals surface area contributed by atoms with Crippen LogP contribution in [-0.4, -0.2) is 43.4 Å². The summed E-state index contributed by atoms with van der Waals surface area (Å²) in [6, 6.07) is 9.65. The number of ketones is 2. The maximum atomic E-state index is 13.4. The number of hydrogen-bond acceptors (Lipinski definition) is 10. The zero-order chi connectivity index (χ0) is 28.2. The minimum absolute atomic E-state index is 0. The molecular formula is C23H15BrN3NaO9S2. The summed E-state index contributed by atoms with van der Waals surface area (Å²) in [5.41, 5.74) is 3.68. The second-order valence-electron chi connectivity index (χ2n) is 7.87. The van der Waals surface area contributed by atoms with Gasteiger partial charge < -0.3 is 16.2 Å². The standard InChI is InChI=1S/C23H16BrN3O9S2.Na/c1-10(24)23(30)27-14-8-11(6-7-16(14)37(31,32)33)26-15-9-17(38(34,35)36)20(25)19-18(15)21(28)12-4-2-3-5-13(12)22(19)29;/h2-9,26H,1,25H2,(H,27,30)(H,31,32,33)(H,34,35,36);/q;+1/p-1. The number of anilines is 3. The Balaban J connectivity index is 0.00000420. The first-order chi connectivity index (χ1) is 17.6. The predicted molar refractivity (Wildman–Crippen MR) is 139 cm³/mol. The second-order valence-corrected chi connectivity index (χ2v) is 11.6. The van der Waals surface area contributed by atoms with Gasteiger partial charge in [-0.15, -0.1) is 0 Å². The van der Waals surface area contributed by atoms with Crippen molar-refractivity contribution in [3.8, 4) is 0 Å². The second kappa shape index (κ2) is 10.9. The van der Waals surface area contributed by atoms with E-state index in [1.807, 2.05) is 0 Å². The van der Waals surface area contributed by atoms with Crippen LogP contribution >= 0.6 is 15.9 Å². The van der Waals surface area contributed by atoms with Gasteiger partial charge in [-0.3, -0.25) is 23.7 Å². The van der Waals surface area contributed by atoms with E-state index in [1.165, 1.54) is 24.3 Å². The summed E-state index contributed by atoms with van der Waals surface area (Å²) in [4.78, 5) is 28.7. The molecule has 4 rings (SSSR count). The molecule has 1 aliphatic carbocycles. The Morgan fingerprint density at radius 1 is 0.923 bits per heavy atom. The van der Waals surface area contributed by atoms with Gasteiger partial charge in [0.15, 0.2) is 11.6 Å². The zero-order valence-corrected chi connectivity index (χ0v) is 25.0. The largest absolute Gasteiger partial charge is 1.00 e. The number of nitrogens with zero attached hydrogens (tertiary/aromatic N) is 1. The van der Waals surface area contributed by atoms with E-state index in [0.717, 1.165) is 24.3 Å². The van der Waals surface area contributed by atoms with Crippen molar-refractivity contribution in [2.24, 2.45) is 4.99 Å². The van der Waals surface area contributed by atoms with Crippen LogP contribution in [0.2, 0.25) is 0 Å². The number of aliphatic imine (C=N–C) groups is 1. The Hall–Kier alpha value is -2.89. The van der Waals surface area contributed by atoms with Gasteiger partial charge in [-0.2, -0.15) is 16.8 Å². The molecule has 3 aromatic carbocycles. The summed E-state index contributed by atoms with van der Waals surface area (Å²) in [5, 5.41) is 14.7. The Morgan fingerprint density at radius 2 is 1.46 bits per heavy atom. The monoisotopic (exact) mass is 643 g/mol. The Morgan fingerprint density at radius 3 is 1.97 bits per heavy atom. The molecule has 0 amide bonds. The van der Waals surface area contributed by atoms with Crippen LogP contribution in [0, 0.1) is 0 Å². The number of carbonyl (C=O) groups excluding carboxylic acids is 2. The quantitative estimate of drug-likeness (QED) is 0.0695. The summed E-state index contributed by atoms with van der Waals surface area (Å²) in [6.45, 7) is 3.34. The summed E-state index contributed by atoms with van der Waals surface area (Å²) >= 11 is 2.82. The topological polar surface area (TPSA) is 216 Å². The Labute approximate surface area is 252 Å². The third-order valence-corrected chi connectivity index (χ3v) is 7.58. The normalized spacial score (nSPS) is 13.3. The molecule has 0 radical (unpaired) electrons. The number of nitrogens with one attached hydrogen (secondary N) is 1. The fourth-order valence-electron chi connectivity index (χ4n) is 3.83. The van der Waals surface area contributed by atoms with Gasteiger partial charge in [0.05, 0.1) is 28.2 Å². The first kappa shape index (κ1) is 30.6. The Kier molecular flexibility index (Phi) is 8.60. The van der Waals surface area contributed by atoms with Crippen molar-refractivity contribution in [1.82, 2.24) is 0 Å². The van der Waals surface area contributed by atoms with Crippen LogP contribution in [0.4, 0.5) is 22.7 Å². The summed E-state index contributed by atoms with van der Waals surface area (Å²) in [5.74, 6) is -2.42. The molecule has 39 heavy (non-hydrogen) atoms. The predicted octanol–water partition coefficient (Wildman–Crippen LogP) is -0.416. The SMILES string of the molecule is C=C(Br)C([O-])=Nc1cc(Nc2cc(S(=O)(=O)O)c(N)c3c2C(=O)c2ccccc2C3=O)ccc1S(=O)(=O)O.[Na+].